The third-order valence-corrected chi connectivity index (χ3v) is 5.59. The smallest absolute Gasteiger partial charge is 0.189 e. The summed E-state index contributed by atoms with van der Waals surface area (Å²) in [6.07, 6.45) is -6.06. The highest BCUT2D eigenvalue weighted by Crippen LogP contribution is 2.34. The van der Waals surface area contributed by atoms with Crippen LogP contribution in [0.4, 0.5) is 0 Å². The predicted molar refractivity (Wildman–Crippen MR) is 107 cm³/mol. The Balaban J connectivity index is 2.32. The zero-order valence-electron chi connectivity index (χ0n) is 19.7. The lowest BCUT2D eigenvalue weighted by atomic mass is 9.97. The van der Waals surface area contributed by atoms with Crippen LogP contribution in [0.5, 0.6) is 0 Å². The van der Waals surface area contributed by atoms with Gasteiger partial charge in [0.05, 0.1) is 6.61 Å². The molecular formula is C20H38O11. The summed E-state index contributed by atoms with van der Waals surface area (Å²) in [5.41, 5.74) is 0. The Hall–Kier alpha value is -0.440. The summed E-state index contributed by atoms with van der Waals surface area (Å²) in [7, 11) is 11.0. The molecule has 2 fully saturated rings. The van der Waals surface area contributed by atoms with E-state index in [0.29, 0.717) is 6.61 Å². The van der Waals surface area contributed by atoms with Gasteiger partial charge < -0.3 is 52.1 Å². The van der Waals surface area contributed by atoms with E-state index in [1.807, 2.05) is 6.92 Å². The fraction of sp³-hybridized carbons (Fsp3) is 1.00. The Labute approximate surface area is 184 Å². The lowest BCUT2D eigenvalue weighted by Gasteiger charge is -2.48. The average Bonchev–Trinajstić information content (AvgIpc) is 2.79. The Bertz CT molecular complexity index is 496. The van der Waals surface area contributed by atoms with Gasteiger partial charge in [0.15, 0.2) is 18.9 Å². The highest BCUT2D eigenvalue weighted by Gasteiger charge is 2.53. The molecule has 10 atom stereocenters. The first kappa shape index (κ1) is 26.8. The minimum Gasteiger partial charge on any atom is -0.382 e. The Kier molecular flexibility index (Phi) is 11.5. The molecule has 184 valence electrons. The summed E-state index contributed by atoms with van der Waals surface area (Å²) in [5, 5.41) is 0. The lowest BCUT2D eigenvalue weighted by Crippen LogP contribution is -2.65. The van der Waals surface area contributed by atoms with Gasteiger partial charge in [0.25, 0.3) is 0 Å². The van der Waals surface area contributed by atoms with Crippen molar-refractivity contribution in [3.8, 4) is 0 Å². The highest BCUT2D eigenvalue weighted by molar-refractivity contribution is 4.95. The normalized spacial score (nSPS) is 41.4. The van der Waals surface area contributed by atoms with E-state index in [9.17, 15) is 0 Å². The predicted octanol–water partition coefficient (Wildman–Crippen LogP) is 0.183. The minimum atomic E-state index is -0.840. The van der Waals surface area contributed by atoms with Crippen molar-refractivity contribution in [1.29, 1.82) is 0 Å². The van der Waals surface area contributed by atoms with Gasteiger partial charge in [0, 0.05) is 56.4 Å². The molecule has 11 nitrogen and oxygen atoms in total. The first-order valence-corrected chi connectivity index (χ1v) is 10.3. The van der Waals surface area contributed by atoms with Crippen LogP contribution in [0.15, 0.2) is 0 Å². The summed E-state index contributed by atoms with van der Waals surface area (Å²) in [4.78, 5) is 0. The standard InChI is InChI=1S/C20H38O11/c1-9-28-19-17(14(24-5)15(25-6)18(27-8)31-19)30-20-16(26-7)13(23-4)12(22-3)11(29-20)10-21-2/h11-20H,9-10H2,1-8H3. The van der Waals surface area contributed by atoms with Crippen molar-refractivity contribution in [2.45, 2.75) is 68.5 Å². The van der Waals surface area contributed by atoms with Crippen molar-refractivity contribution in [3.63, 3.8) is 0 Å². The van der Waals surface area contributed by atoms with Crippen LogP contribution in [0, 0.1) is 0 Å². The van der Waals surface area contributed by atoms with Gasteiger partial charge in [-0.3, -0.25) is 0 Å². The van der Waals surface area contributed by atoms with Gasteiger partial charge in [0.2, 0.25) is 0 Å². The van der Waals surface area contributed by atoms with E-state index in [1.165, 1.54) is 7.11 Å². The molecule has 0 spiro atoms. The molecule has 0 aromatic carbocycles. The molecule has 0 saturated carbocycles. The van der Waals surface area contributed by atoms with E-state index in [1.54, 1.807) is 42.7 Å². The fourth-order valence-corrected chi connectivity index (χ4v) is 4.17. The molecule has 0 bridgehead atoms. The molecule has 2 aliphatic rings. The number of ether oxygens (including phenoxy) is 11. The van der Waals surface area contributed by atoms with Crippen LogP contribution in [0.1, 0.15) is 6.92 Å². The van der Waals surface area contributed by atoms with Gasteiger partial charge in [-0.2, -0.15) is 0 Å². The summed E-state index contributed by atoms with van der Waals surface area (Å²) >= 11 is 0. The first-order chi connectivity index (χ1) is 15.0. The van der Waals surface area contributed by atoms with Gasteiger partial charge in [-0.15, -0.1) is 0 Å². The van der Waals surface area contributed by atoms with E-state index in [-0.39, 0.29) is 6.61 Å². The fourth-order valence-electron chi connectivity index (χ4n) is 4.17. The maximum Gasteiger partial charge on any atom is 0.189 e. The maximum absolute atomic E-state index is 6.38. The quantitative estimate of drug-likeness (QED) is 0.404. The van der Waals surface area contributed by atoms with E-state index in [0.717, 1.165) is 0 Å². The largest absolute Gasteiger partial charge is 0.382 e. The number of methoxy groups -OCH3 is 7. The summed E-state index contributed by atoms with van der Waals surface area (Å²) in [5.74, 6) is 0. The molecule has 2 saturated heterocycles. The highest BCUT2D eigenvalue weighted by atomic mass is 16.8. The Morgan fingerprint density at radius 3 is 1.58 bits per heavy atom. The van der Waals surface area contributed by atoms with Crippen LogP contribution < -0.4 is 0 Å². The van der Waals surface area contributed by atoms with Crippen molar-refractivity contribution in [3.05, 3.63) is 0 Å². The molecule has 2 heterocycles. The second kappa shape index (κ2) is 13.3. The van der Waals surface area contributed by atoms with Gasteiger partial charge in [-0.25, -0.2) is 0 Å². The van der Waals surface area contributed by atoms with Gasteiger partial charge >= 0.3 is 0 Å². The van der Waals surface area contributed by atoms with Gasteiger partial charge in [0.1, 0.15) is 42.7 Å². The van der Waals surface area contributed by atoms with Crippen LogP contribution in [0.25, 0.3) is 0 Å². The van der Waals surface area contributed by atoms with Gasteiger partial charge in [-0.05, 0) is 6.92 Å². The summed E-state index contributed by atoms with van der Waals surface area (Å²) in [6.45, 7) is 2.54. The lowest BCUT2D eigenvalue weighted by molar-refractivity contribution is -0.392. The zero-order valence-corrected chi connectivity index (χ0v) is 19.7. The minimum absolute atomic E-state index is 0.283. The van der Waals surface area contributed by atoms with Crippen LogP contribution >= 0.6 is 0 Å². The van der Waals surface area contributed by atoms with E-state index < -0.39 is 61.6 Å². The molecule has 0 aliphatic carbocycles. The molecule has 2 aliphatic heterocycles. The van der Waals surface area contributed by atoms with Crippen molar-refractivity contribution >= 4 is 0 Å². The van der Waals surface area contributed by atoms with Crippen LogP contribution in [-0.4, -0.2) is 125 Å². The molecule has 31 heavy (non-hydrogen) atoms. The maximum atomic E-state index is 6.38. The zero-order chi connectivity index (χ0) is 23.0. The monoisotopic (exact) mass is 454 g/mol. The third kappa shape index (κ3) is 5.92. The molecule has 11 heteroatoms. The van der Waals surface area contributed by atoms with Crippen molar-refractivity contribution in [2.24, 2.45) is 0 Å². The number of hydrogen-bond acceptors (Lipinski definition) is 11. The molecule has 0 amide bonds. The topological polar surface area (TPSA) is 102 Å². The van der Waals surface area contributed by atoms with Crippen LogP contribution in [0.3, 0.4) is 0 Å². The summed E-state index contributed by atoms with van der Waals surface area (Å²) in [6, 6.07) is 0. The van der Waals surface area contributed by atoms with Crippen molar-refractivity contribution < 1.29 is 52.1 Å². The first-order valence-electron chi connectivity index (χ1n) is 10.3. The van der Waals surface area contributed by atoms with E-state index >= 15 is 0 Å². The van der Waals surface area contributed by atoms with E-state index in [2.05, 4.69) is 0 Å². The third-order valence-electron chi connectivity index (χ3n) is 5.59. The average molecular weight is 455 g/mol. The van der Waals surface area contributed by atoms with Crippen molar-refractivity contribution in [1.82, 2.24) is 0 Å². The second-order valence-corrected chi connectivity index (χ2v) is 7.16. The summed E-state index contributed by atoms with van der Waals surface area (Å²) < 4.78 is 63.4. The molecular weight excluding hydrogens is 416 g/mol. The Morgan fingerprint density at radius 2 is 1.10 bits per heavy atom. The second-order valence-electron chi connectivity index (χ2n) is 7.16. The van der Waals surface area contributed by atoms with Gasteiger partial charge in [-0.1, -0.05) is 0 Å². The number of hydrogen-bond donors (Lipinski definition) is 0. The number of rotatable bonds is 12. The molecule has 0 aromatic heterocycles. The molecule has 0 aromatic rings. The SMILES string of the molecule is CCOC1OC(OC)C(OC)C(OC)C1OC1OC(COC)C(OC)C(OC)C1OC. The molecule has 0 N–H and O–H groups in total. The molecule has 2 rings (SSSR count). The molecule has 10 unspecified atom stereocenters. The molecule has 0 radical (unpaired) electrons. The Morgan fingerprint density at radius 1 is 0.548 bits per heavy atom. The van der Waals surface area contributed by atoms with E-state index in [4.69, 9.17) is 52.1 Å². The van der Waals surface area contributed by atoms with Crippen LogP contribution in [-0.2, 0) is 52.1 Å². The van der Waals surface area contributed by atoms with Crippen LogP contribution in [0.2, 0.25) is 0 Å². The van der Waals surface area contributed by atoms with Crippen molar-refractivity contribution in [2.75, 3.05) is 63.0 Å².